The zero-order valence-electron chi connectivity index (χ0n) is 7.59. The van der Waals surface area contributed by atoms with E-state index in [-0.39, 0.29) is 5.82 Å². The van der Waals surface area contributed by atoms with Crippen LogP contribution in [0.4, 0.5) is 4.39 Å². The maximum Gasteiger partial charge on any atom is 0.128 e. The van der Waals surface area contributed by atoms with Crippen LogP contribution in [0.2, 0.25) is 0 Å². The summed E-state index contributed by atoms with van der Waals surface area (Å²) in [6, 6.07) is 4.44. The monoisotopic (exact) mass is 200 g/mol. The van der Waals surface area contributed by atoms with Gasteiger partial charge in [-0.1, -0.05) is 13.3 Å². The van der Waals surface area contributed by atoms with Crippen LogP contribution in [-0.4, -0.2) is 6.61 Å². The van der Waals surface area contributed by atoms with E-state index < -0.39 is 0 Å². The van der Waals surface area contributed by atoms with Gasteiger partial charge in [-0.15, -0.1) is 12.6 Å². The van der Waals surface area contributed by atoms with E-state index in [0.29, 0.717) is 17.3 Å². The fourth-order valence-corrected chi connectivity index (χ4v) is 1.22. The molecule has 0 spiro atoms. The third kappa shape index (κ3) is 3.68. The second-order valence-electron chi connectivity index (χ2n) is 2.85. The zero-order valence-corrected chi connectivity index (χ0v) is 8.48. The Bertz CT molecular complexity index is 255. The van der Waals surface area contributed by atoms with Crippen LogP contribution in [0.25, 0.3) is 0 Å². The van der Waals surface area contributed by atoms with Gasteiger partial charge in [0, 0.05) is 11.0 Å². The largest absolute Gasteiger partial charge is 0.493 e. The molecule has 1 aromatic rings. The number of unbranched alkanes of at least 4 members (excludes halogenated alkanes) is 1. The first-order valence-electron chi connectivity index (χ1n) is 4.34. The Morgan fingerprint density at radius 1 is 1.38 bits per heavy atom. The lowest BCUT2D eigenvalue weighted by Crippen LogP contribution is -1.96. The molecule has 0 N–H and O–H groups in total. The van der Waals surface area contributed by atoms with Crippen molar-refractivity contribution in [1.29, 1.82) is 0 Å². The highest BCUT2D eigenvalue weighted by molar-refractivity contribution is 7.80. The Balaban J connectivity index is 2.56. The zero-order chi connectivity index (χ0) is 9.68. The van der Waals surface area contributed by atoms with Crippen molar-refractivity contribution < 1.29 is 9.13 Å². The molecule has 0 atom stereocenters. The Labute approximate surface area is 83.3 Å². The van der Waals surface area contributed by atoms with Gasteiger partial charge >= 0.3 is 0 Å². The van der Waals surface area contributed by atoms with Crippen LogP contribution in [0, 0.1) is 5.82 Å². The van der Waals surface area contributed by atoms with Crippen molar-refractivity contribution in [1.82, 2.24) is 0 Å². The number of thiol groups is 1. The lowest BCUT2D eigenvalue weighted by atomic mass is 10.3. The van der Waals surface area contributed by atoms with Gasteiger partial charge in [-0.05, 0) is 18.6 Å². The average Bonchev–Trinajstić information content (AvgIpc) is 2.03. The molecule has 0 fully saturated rings. The van der Waals surface area contributed by atoms with Gasteiger partial charge in [0.15, 0.2) is 0 Å². The summed E-state index contributed by atoms with van der Waals surface area (Å²) in [6.45, 7) is 2.71. The molecule has 0 bridgehead atoms. The van der Waals surface area contributed by atoms with Crippen molar-refractivity contribution in [2.45, 2.75) is 24.7 Å². The first kappa shape index (κ1) is 10.4. The van der Waals surface area contributed by atoms with Crippen molar-refractivity contribution in [2.75, 3.05) is 6.61 Å². The molecule has 0 aliphatic rings. The fourth-order valence-electron chi connectivity index (χ4n) is 0.966. The summed E-state index contributed by atoms with van der Waals surface area (Å²) in [6.07, 6.45) is 2.06. The summed E-state index contributed by atoms with van der Waals surface area (Å²) in [5, 5.41) is 0. The Morgan fingerprint density at radius 3 is 2.77 bits per heavy atom. The second-order valence-corrected chi connectivity index (χ2v) is 3.36. The van der Waals surface area contributed by atoms with Gasteiger partial charge in [-0.3, -0.25) is 0 Å². The highest BCUT2D eigenvalue weighted by atomic mass is 32.1. The standard InChI is InChI=1S/C10H13FOS/c1-2-3-4-12-9-5-8(11)6-10(13)7-9/h5-7,13H,2-4H2,1H3. The Morgan fingerprint density at radius 2 is 2.15 bits per heavy atom. The van der Waals surface area contributed by atoms with E-state index in [9.17, 15) is 4.39 Å². The molecule has 72 valence electrons. The number of benzene rings is 1. The molecule has 3 heteroatoms. The molecule has 0 saturated heterocycles. The lowest BCUT2D eigenvalue weighted by Gasteiger charge is -2.05. The normalized spacial score (nSPS) is 10.1. The van der Waals surface area contributed by atoms with Gasteiger partial charge in [0.25, 0.3) is 0 Å². The molecule has 1 aromatic carbocycles. The molecular formula is C10H13FOS. The second kappa shape index (κ2) is 5.12. The van der Waals surface area contributed by atoms with E-state index >= 15 is 0 Å². The van der Waals surface area contributed by atoms with Crippen molar-refractivity contribution >= 4 is 12.6 Å². The van der Waals surface area contributed by atoms with Crippen LogP contribution in [0.1, 0.15) is 19.8 Å². The molecular weight excluding hydrogens is 187 g/mol. The van der Waals surface area contributed by atoms with Crippen molar-refractivity contribution in [2.24, 2.45) is 0 Å². The molecule has 0 aliphatic heterocycles. The van der Waals surface area contributed by atoms with Gasteiger partial charge in [0.2, 0.25) is 0 Å². The first-order chi connectivity index (χ1) is 6.22. The Hall–Kier alpha value is -0.700. The average molecular weight is 200 g/mol. The van der Waals surface area contributed by atoms with Crippen LogP contribution >= 0.6 is 12.6 Å². The molecule has 0 aromatic heterocycles. The minimum absolute atomic E-state index is 0.306. The SMILES string of the molecule is CCCCOc1cc(F)cc(S)c1. The molecule has 0 amide bonds. The predicted molar refractivity (Wildman–Crippen MR) is 54.1 cm³/mol. The summed E-state index contributed by atoms with van der Waals surface area (Å²) >= 11 is 4.05. The van der Waals surface area contributed by atoms with Crippen LogP contribution in [-0.2, 0) is 0 Å². The van der Waals surface area contributed by atoms with Crippen molar-refractivity contribution in [3.63, 3.8) is 0 Å². The molecule has 0 saturated carbocycles. The van der Waals surface area contributed by atoms with Gasteiger partial charge in [0.1, 0.15) is 11.6 Å². The number of halogens is 1. The third-order valence-electron chi connectivity index (χ3n) is 1.62. The molecule has 0 unspecified atom stereocenters. The molecule has 1 rings (SSSR count). The van der Waals surface area contributed by atoms with Crippen LogP contribution < -0.4 is 4.74 Å². The summed E-state index contributed by atoms with van der Waals surface area (Å²) in [5.41, 5.74) is 0. The van der Waals surface area contributed by atoms with Crippen LogP contribution in [0.3, 0.4) is 0 Å². The summed E-state index contributed by atoms with van der Waals surface area (Å²) in [4.78, 5) is 0.589. The van der Waals surface area contributed by atoms with E-state index in [4.69, 9.17) is 4.74 Å². The van der Waals surface area contributed by atoms with E-state index in [2.05, 4.69) is 19.6 Å². The van der Waals surface area contributed by atoms with E-state index in [0.717, 1.165) is 12.8 Å². The van der Waals surface area contributed by atoms with Crippen molar-refractivity contribution in [3.8, 4) is 5.75 Å². The van der Waals surface area contributed by atoms with Crippen LogP contribution in [0.5, 0.6) is 5.75 Å². The summed E-state index contributed by atoms with van der Waals surface area (Å²) in [5.74, 6) is 0.248. The quantitative estimate of drug-likeness (QED) is 0.579. The minimum atomic E-state index is -0.306. The van der Waals surface area contributed by atoms with Gasteiger partial charge in [-0.25, -0.2) is 4.39 Å². The smallest absolute Gasteiger partial charge is 0.128 e. The van der Waals surface area contributed by atoms with E-state index in [1.165, 1.54) is 12.1 Å². The number of ether oxygens (including phenoxy) is 1. The maximum atomic E-state index is 12.8. The number of hydrogen-bond donors (Lipinski definition) is 1. The first-order valence-corrected chi connectivity index (χ1v) is 4.79. The minimum Gasteiger partial charge on any atom is -0.493 e. The van der Waals surface area contributed by atoms with E-state index in [1.54, 1.807) is 6.07 Å². The predicted octanol–water partition coefficient (Wildman–Crippen LogP) is 3.29. The lowest BCUT2D eigenvalue weighted by molar-refractivity contribution is 0.307. The topological polar surface area (TPSA) is 9.23 Å². The highest BCUT2D eigenvalue weighted by Gasteiger charge is 1.98. The van der Waals surface area contributed by atoms with Gasteiger partial charge in [0.05, 0.1) is 6.61 Å². The molecule has 13 heavy (non-hydrogen) atoms. The molecule has 0 radical (unpaired) electrons. The molecule has 1 nitrogen and oxygen atoms in total. The fraction of sp³-hybridized carbons (Fsp3) is 0.400. The van der Waals surface area contributed by atoms with Crippen molar-refractivity contribution in [3.05, 3.63) is 24.0 Å². The van der Waals surface area contributed by atoms with Crippen LogP contribution in [0.15, 0.2) is 23.1 Å². The number of hydrogen-bond acceptors (Lipinski definition) is 2. The molecule has 0 aliphatic carbocycles. The summed E-state index contributed by atoms with van der Waals surface area (Å²) < 4.78 is 18.1. The summed E-state index contributed by atoms with van der Waals surface area (Å²) in [7, 11) is 0. The third-order valence-corrected chi connectivity index (χ3v) is 1.88. The van der Waals surface area contributed by atoms with E-state index in [1.807, 2.05) is 0 Å². The highest BCUT2D eigenvalue weighted by Crippen LogP contribution is 2.18. The number of rotatable bonds is 4. The van der Waals surface area contributed by atoms with Gasteiger partial charge < -0.3 is 4.74 Å². The molecule has 0 heterocycles. The Kier molecular flexibility index (Phi) is 4.09. The van der Waals surface area contributed by atoms with Gasteiger partial charge in [-0.2, -0.15) is 0 Å². The maximum absolute atomic E-state index is 12.8.